The molecule has 0 aliphatic rings. The van der Waals surface area contributed by atoms with Crippen LogP contribution in [0.25, 0.3) is 11.3 Å². The maximum atomic E-state index is 11.8. The van der Waals surface area contributed by atoms with Gasteiger partial charge in [-0.2, -0.15) is 0 Å². The molecule has 1 aromatic carbocycles. The summed E-state index contributed by atoms with van der Waals surface area (Å²) in [4.78, 5) is 11.8. The first-order valence-electron chi connectivity index (χ1n) is 5.47. The molecular weight excluding hydrogens is 314 g/mol. The lowest BCUT2D eigenvalue weighted by Crippen LogP contribution is -2.04. The Morgan fingerprint density at radius 1 is 1.37 bits per heavy atom. The van der Waals surface area contributed by atoms with Gasteiger partial charge in [-0.3, -0.25) is 0 Å². The number of aromatic nitrogens is 1. The highest BCUT2D eigenvalue weighted by Gasteiger charge is 2.24. The molecule has 2 rings (SSSR count). The van der Waals surface area contributed by atoms with Crippen LogP contribution in [0.3, 0.4) is 0 Å². The lowest BCUT2D eigenvalue weighted by atomic mass is 10.1. The third-order valence-corrected chi connectivity index (χ3v) is 3.16. The van der Waals surface area contributed by atoms with Crippen molar-refractivity contribution in [2.24, 2.45) is 0 Å². The number of aryl methyl sites for hydroxylation is 1. The van der Waals surface area contributed by atoms with Gasteiger partial charge in [-0.05, 0) is 25.1 Å². The third kappa shape index (κ3) is 2.49. The summed E-state index contributed by atoms with van der Waals surface area (Å²) in [5.41, 5.74) is 1.37. The number of nitrogens with zero attached hydrogens (tertiary/aromatic N) is 1. The van der Waals surface area contributed by atoms with Crippen LogP contribution in [-0.4, -0.2) is 25.3 Å². The first kappa shape index (κ1) is 13.6. The van der Waals surface area contributed by atoms with Crippen LogP contribution in [0, 0.1) is 6.92 Å². The molecule has 0 N–H and O–H groups in total. The highest BCUT2D eigenvalue weighted by molar-refractivity contribution is 9.10. The van der Waals surface area contributed by atoms with Crippen LogP contribution in [0.1, 0.15) is 16.1 Å². The van der Waals surface area contributed by atoms with Gasteiger partial charge in [0.15, 0.2) is 0 Å². The van der Waals surface area contributed by atoms with E-state index in [-0.39, 0.29) is 0 Å². The van der Waals surface area contributed by atoms with Gasteiger partial charge in [0.05, 0.1) is 14.2 Å². The Labute approximate surface area is 118 Å². The average Bonchev–Trinajstić information content (AvgIpc) is 2.79. The Kier molecular flexibility index (Phi) is 3.90. The van der Waals surface area contributed by atoms with E-state index in [1.165, 1.54) is 7.11 Å². The number of hydrogen-bond donors (Lipinski definition) is 0. The first-order chi connectivity index (χ1) is 9.08. The fourth-order valence-corrected chi connectivity index (χ4v) is 2.12. The zero-order chi connectivity index (χ0) is 14.0. The van der Waals surface area contributed by atoms with E-state index < -0.39 is 5.97 Å². The minimum atomic E-state index is -0.490. The number of esters is 1. The Bertz CT molecular complexity index is 621. The zero-order valence-corrected chi connectivity index (χ0v) is 12.3. The van der Waals surface area contributed by atoms with Crippen LogP contribution in [0.15, 0.2) is 27.2 Å². The average molecular weight is 326 g/mol. The molecule has 0 aliphatic carbocycles. The Morgan fingerprint density at radius 3 is 2.74 bits per heavy atom. The molecule has 0 radical (unpaired) electrons. The molecule has 0 unspecified atom stereocenters. The summed E-state index contributed by atoms with van der Waals surface area (Å²) in [6.07, 6.45) is 0. The number of hydrogen-bond acceptors (Lipinski definition) is 5. The normalized spacial score (nSPS) is 10.3. The van der Waals surface area contributed by atoms with Crippen LogP contribution in [-0.2, 0) is 4.74 Å². The number of carbonyl (C=O) groups is 1. The van der Waals surface area contributed by atoms with E-state index in [1.54, 1.807) is 20.1 Å². The number of halogens is 1. The molecule has 5 nitrogen and oxygen atoms in total. The predicted octanol–water partition coefficient (Wildman–Crippen LogP) is 3.21. The summed E-state index contributed by atoms with van der Waals surface area (Å²) < 4.78 is 16.0. The molecule has 100 valence electrons. The molecule has 0 bridgehead atoms. The van der Waals surface area contributed by atoms with Gasteiger partial charge in [0.2, 0.25) is 0 Å². The Morgan fingerprint density at radius 2 is 2.11 bits per heavy atom. The fraction of sp³-hybridized carbons (Fsp3) is 0.231. The molecule has 1 aromatic heterocycles. The van der Waals surface area contributed by atoms with Crippen LogP contribution in [0.5, 0.6) is 5.75 Å². The van der Waals surface area contributed by atoms with E-state index in [0.717, 1.165) is 4.47 Å². The van der Waals surface area contributed by atoms with Gasteiger partial charge in [-0.15, -0.1) is 0 Å². The van der Waals surface area contributed by atoms with Gasteiger partial charge >= 0.3 is 5.97 Å². The van der Waals surface area contributed by atoms with Gasteiger partial charge < -0.3 is 14.0 Å². The number of ether oxygens (including phenoxy) is 2. The lowest BCUT2D eigenvalue weighted by molar-refractivity contribution is 0.0599. The summed E-state index contributed by atoms with van der Waals surface area (Å²) >= 11 is 3.38. The minimum absolute atomic E-state index is 0.305. The van der Waals surface area contributed by atoms with E-state index in [0.29, 0.717) is 28.3 Å². The molecule has 0 saturated carbocycles. The van der Waals surface area contributed by atoms with Crippen molar-refractivity contribution < 1.29 is 18.8 Å². The maximum Gasteiger partial charge on any atom is 0.343 e. The third-order valence-electron chi connectivity index (χ3n) is 2.67. The maximum absolute atomic E-state index is 11.8. The van der Waals surface area contributed by atoms with Crippen molar-refractivity contribution in [2.75, 3.05) is 14.2 Å². The van der Waals surface area contributed by atoms with Crippen molar-refractivity contribution in [1.82, 2.24) is 5.16 Å². The van der Waals surface area contributed by atoms with Crippen molar-refractivity contribution in [3.63, 3.8) is 0 Å². The van der Waals surface area contributed by atoms with E-state index in [2.05, 4.69) is 21.1 Å². The minimum Gasteiger partial charge on any atom is -0.496 e. The van der Waals surface area contributed by atoms with Crippen molar-refractivity contribution >= 4 is 21.9 Å². The molecule has 1 heterocycles. The van der Waals surface area contributed by atoms with Gasteiger partial charge in [-0.1, -0.05) is 21.1 Å². The number of rotatable bonds is 3. The summed E-state index contributed by atoms with van der Waals surface area (Å²) in [6.45, 7) is 1.66. The fourth-order valence-electron chi connectivity index (χ4n) is 1.76. The number of carbonyl (C=O) groups excluding carboxylic acids is 1. The zero-order valence-electron chi connectivity index (χ0n) is 10.7. The molecule has 6 heteroatoms. The van der Waals surface area contributed by atoms with Crippen molar-refractivity contribution in [3.05, 3.63) is 34.0 Å². The van der Waals surface area contributed by atoms with E-state index in [1.807, 2.05) is 12.1 Å². The van der Waals surface area contributed by atoms with Crippen molar-refractivity contribution in [2.45, 2.75) is 6.92 Å². The van der Waals surface area contributed by atoms with Crippen LogP contribution < -0.4 is 4.74 Å². The van der Waals surface area contributed by atoms with Gasteiger partial charge in [0.25, 0.3) is 0 Å². The van der Waals surface area contributed by atoms with Crippen molar-refractivity contribution in [1.29, 1.82) is 0 Å². The van der Waals surface area contributed by atoms with E-state index in [4.69, 9.17) is 14.0 Å². The Balaban J connectivity index is 2.65. The summed E-state index contributed by atoms with van der Waals surface area (Å²) in [5, 5.41) is 3.93. The summed E-state index contributed by atoms with van der Waals surface area (Å²) in [7, 11) is 2.87. The monoisotopic (exact) mass is 325 g/mol. The smallest absolute Gasteiger partial charge is 0.343 e. The van der Waals surface area contributed by atoms with Crippen LogP contribution >= 0.6 is 15.9 Å². The molecule has 2 aromatic rings. The van der Waals surface area contributed by atoms with Crippen LogP contribution in [0.2, 0.25) is 0 Å². The quantitative estimate of drug-likeness (QED) is 0.811. The van der Waals surface area contributed by atoms with Crippen LogP contribution in [0.4, 0.5) is 0 Å². The van der Waals surface area contributed by atoms with E-state index in [9.17, 15) is 4.79 Å². The van der Waals surface area contributed by atoms with Gasteiger partial charge in [0.1, 0.15) is 22.8 Å². The number of methoxy groups -OCH3 is 2. The molecular formula is C13H12BrNO4. The van der Waals surface area contributed by atoms with Gasteiger partial charge in [-0.25, -0.2) is 4.79 Å². The molecule has 0 atom stereocenters. The standard InChI is InChI=1S/C13H12BrNO4/c1-7-11(13(16)18-3)12(15-19-7)9-6-8(14)4-5-10(9)17-2/h4-6H,1-3H3. The second-order valence-electron chi connectivity index (χ2n) is 3.80. The molecule has 0 spiro atoms. The second-order valence-corrected chi connectivity index (χ2v) is 4.71. The second kappa shape index (κ2) is 5.44. The molecule has 0 saturated heterocycles. The summed E-state index contributed by atoms with van der Waals surface area (Å²) in [6, 6.07) is 5.43. The summed E-state index contributed by atoms with van der Waals surface area (Å²) in [5.74, 6) is 0.515. The Hall–Kier alpha value is -1.82. The predicted molar refractivity (Wildman–Crippen MR) is 72.3 cm³/mol. The van der Waals surface area contributed by atoms with E-state index >= 15 is 0 Å². The first-order valence-corrected chi connectivity index (χ1v) is 6.26. The highest BCUT2D eigenvalue weighted by atomic mass is 79.9. The molecule has 0 aliphatic heterocycles. The topological polar surface area (TPSA) is 61.6 Å². The largest absolute Gasteiger partial charge is 0.496 e. The molecule has 0 amide bonds. The SMILES string of the molecule is COC(=O)c1c(-c2cc(Br)ccc2OC)noc1C. The van der Waals surface area contributed by atoms with Crippen molar-refractivity contribution in [3.8, 4) is 17.0 Å². The molecule has 19 heavy (non-hydrogen) atoms. The molecule has 0 fully saturated rings. The highest BCUT2D eigenvalue weighted by Crippen LogP contribution is 2.35. The lowest BCUT2D eigenvalue weighted by Gasteiger charge is -2.07. The number of benzene rings is 1. The van der Waals surface area contributed by atoms with Gasteiger partial charge in [0, 0.05) is 10.0 Å².